The van der Waals surface area contributed by atoms with Crippen LogP contribution in [-0.4, -0.2) is 72.1 Å². The van der Waals surface area contributed by atoms with E-state index >= 15 is 0 Å². The number of rotatable bonds is 8. The Morgan fingerprint density at radius 3 is 2.85 bits per heavy atom. The summed E-state index contributed by atoms with van der Waals surface area (Å²) in [5.41, 5.74) is 3.14. The van der Waals surface area contributed by atoms with E-state index in [9.17, 15) is 4.79 Å². The Labute approximate surface area is 235 Å². The quantitative estimate of drug-likeness (QED) is 0.270. The molecule has 0 saturated carbocycles. The molecule has 6 rings (SSSR count). The van der Waals surface area contributed by atoms with E-state index in [1.165, 1.54) is 18.7 Å². The van der Waals surface area contributed by atoms with Gasteiger partial charge in [-0.15, -0.1) is 0 Å². The number of pyridine rings is 1. The van der Waals surface area contributed by atoms with Crippen LogP contribution in [-0.2, 0) is 4.79 Å². The number of ether oxygens (including phenoxy) is 2. The van der Waals surface area contributed by atoms with Gasteiger partial charge >= 0.3 is 0 Å². The van der Waals surface area contributed by atoms with Crippen molar-refractivity contribution in [2.75, 3.05) is 31.3 Å². The first-order chi connectivity index (χ1) is 20.0. The summed E-state index contributed by atoms with van der Waals surface area (Å²) in [7, 11) is 3.63. The Morgan fingerprint density at radius 1 is 1.12 bits per heavy atom. The summed E-state index contributed by atoms with van der Waals surface area (Å²) < 4.78 is 13.5. The minimum atomic E-state index is -0.299. The van der Waals surface area contributed by atoms with Crippen LogP contribution in [0.4, 0.5) is 17.5 Å². The van der Waals surface area contributed by atoms with Crippen LogP contribution < -0.4 is 20.1 Å². The molecule has 1 amide bonds. The van der Waals surface area contributed by atoms with Crippen LogP contribution in [0.5, 0.6) is 17.2 Å². The topological polar surface area (TPSA) is 145 Å². The lowest BCUT2D eigenvalue weighted by Gasteiger charge is -2.16. The largest absolute Gasteiger partial charge is 0.494 e. The number of benzene rings is 1. The van der Waals surface area contributed by atoms with Crippen molar-refractivity contribution < 1.29 is 14.3 Å². The molecule has 1 atom stereocenters. The van der Waals surface area contributed by atoms with Gasteiger partial charge in [0.15, 0.2) is 11.5 Å². The number of nitrogens with one attached hydrogen (secondary N) is 2. The number of amides is 1. The Kier molecular flexibility index (Phi) is 7.08. The van der Waals surface area contributed by atoms with Gasteiger partial charge in [0.2, 0.25) is 11.9 Å². The fourth-order valence-corrected chi connectivity index (χ4v) is 4.70. The van der Waals surface area contributed by atoms with Crippen LogP contribution in [0, 0.1) is 6.92 Å². The summed E-state index contributed by atoms with van der Waals surface area (Å²) in [4.78, 5) is 36.4. The number of nitrogens with zero attached hydrogens (tertiary/aromatic N) is 8. The number of hydrogen-bond donors (Lipinski definition) is 2. The third-order valence-corrected chi connectivity index (χ3v) is 6.89. The highest BCUT2D eigenvalue weighted by Crippen LogP contribution is 2.37. The van der Waals surface area contributed by atoms with Crippen LogP contribution in [0.1, 0.15) is 18.4 Å². The van der Waals surface area contributed by atoms with Gasteiger partial charge in [-0.3, -0.25) is 15.0 Å². The third kappa shape index (κ3) is 5.61. The molecule has 1 aromatic carbocycles. The molecule has 4 aromatic heterocycles. The van der Waals surface area contributed by atoms with Crippen LogP contribution in [0.15, 0.2) is 61.5 Å². The van der Waals surface area contributed by atoms with Gasteiger partial charge in [0.1, 0.15) is 40.9 Å². The van der Waals surface area contributed by atoms with E-state index in [1.54, 1.807) is 36.2 Å². The van der Waals surface area contributed by atoms with Crippen LogP contribution >= 0.6 is 0 Å². The molecule has 5 heterocycles. The molecule has 0 spiro atoms. The Morgan fingerprint density at radius 2 is 2.02 bits per heavy atom. The maximum Gasteiger partial charge on any atom is 0.250 e. The first-order valence-electron chi connectivity index (χ1n) is 13.1. The van der Waals surface area contributed by atoms with Crippen molar-refractivity contribution in [2.45, 2.75) is 25.8 Å². The minimum absolute atomic E-state index is 0.154. The van der Waals surface area contributed by atoms with Gasteiger partial charge in [-0.2, -0.15) is 5.10 Å². The van der Waals surface area contributed by atoms with Crippen molar-refractivity contribution in [2.24, 2.45) is 0 Å². The number of likely N-dealkylation sites (N-methyl/N-ethyl adjacent to an activating group) is 1. The molecular formula is C28H28N10O3. The summed E-state index contributed by atoms with van der Waals surface area (Å²) in [5.74, 6) is 2.06. The molecule has 1 fully saturated rings. The van der Waals surface area contributed by atoms with Gasteiger partial charge < -0.3 is 14.8 Å². The zero-order chi connectivity index (χ0) is 28.3. The molecule has 208 valence electrons. The predicted molar refractivity (Wildman–Crippen MR) is 153 cm³/mol. The molecule has 0 bridgehead atoms. The smallest absolute Gasteiger partial charge is 0.250 e. The standard InChI is InChI=1S/C28H28N10O3/c1-17-11-20(23(40-3)13-22(17)41-19-8-10-38-24(12-19)31-16-33-38)34-27-26-21(30-15-32-27)14-29-28(36-26)35-25(39)7-6-18-5-4-9-37(18)2/h6-8,10-16,18H,4-5,9H2,1-3H3,(H,30,32,34)(H,29,35,36,39)/b7-6+. The van der Waals surface area contributed by atoms with E-state index in [2.05, 4.69) is 52.6 Å². The fourth-order valence-electron chi connectivity index (χ4n) is 4.70. The first kappa shape index (κ1) is 26.1. The zero-order valence-electron chi connectivity index (χ0n) is 22.8. The Bertz CT molecular complexity index is 1770. The van der Waals surface area contributed by atoms with Crippen LogP contribution in [0.2, 0.25) is 0 Å². The molecule has 1 aliphatic heterocycles. The van der Waals surface area contributed by atoms with Crippen molar-refractivity contribution in [1.29, 1.82) is 0 Å². The van der Waals surface area contributed by atoms with Crippen LogP contribution in [0.25, 0.3) is 16.7 Å². The molecular weight excluding hydrogens is 524 g/mol. The van der Waals surface area contributed by atoms with Gasteiger partial charge in [-0.1, -0.05) is 6.08 Å². The van der Waals surface area contributed by atoms with Gasteiger partial charge in [0.05, 0.1) is 19.0 Å². The van der Waals surface area contributed by atoms with Crippen molar-refractivity contribution in [3.8, 4) is 17.2 Å². The third-order valence-electron chi connectivity index (χ3n) is 6.89. The monoisotopic (exact) mass is 552 g/mol. The Hall–Kier alpha value is -5.17. The first-order valence-corrected chi connectivity index (χ1v) is 13.1. The molecule has 1 unspecified atom stereocenters. The predicted octanol–water partition coefficient (Wildman–Crippen LogP) is 3.90. The second-order valence-electron chi connectivity index (χ2n) is 9.66. The van der Waals surface area contributed by atoms with Crippen molar-refractivity contribution >= 4 is 40.0 Å². The van der Waals surface area contributed by atoms with E-state index in [-0.39, 0.29) is 17.9 Å². The summed E-state index contributed by atoms with van der Waals surface area (Å²) in [6, 6.07) is 7.56. The van der Waals surface area contributed by atoms with Crippen molar-refractivity contribution in [3.63, 3.8) is 0 Å². The number of anilines is 3. The lowest BCUT2D eigenvalue weighted by atomic mass is 10.1. The van der Waals surface area contributed by atoms with Gasteiger partial charge in [-0.05, 0) is 51.1 Å². The normalized spacial score (nSPS) is 15.5. The van der Waals surface area contributed by atoms with E-state index in [0.717, 1.165) is 24.9 Å². The highest BCUT2D eigenvalue weighted by Gasteiger charge is 2.18. The van der Waals surface area contributed by atoms with Crippen LogP contribution in [0.3, 0.4) is 0 Å². The van der Waals surface area contributed by atoms with E-state index in [0.29, 0.717) is 45.4 Å². The number of carbonyl (C=O) groups is 1. The number of fused-ring (bicyclic) bond motifs is 2. The number of likely N-dealkylation sites (tertiary alicyclic amines) is 1. The second kappa shape index (κ2) is 11.1. The average Bonchev–Trinajstić information content (AvgIpc) is 3.61. The lowest BCUT2D eigenvalue weighted by molar-refractivity contribution is -0.112. The van der Waals surface area contributed by atoms with Gasteiger partial charge in [0.25, 0.3) is 0 Å². The fraction of sp³-hybridized carbons (Fsp3) is 0.250. The zero-order valence-corrected chi connectivity index (χ0v) is 22.8. The van der Waals surface area contributed by atoms with Crippen molar-refractivity contribution in [1.82, 2.24) is 39.4 Å². The van der Waals surface area contributed by atoms with E-state index < -0.39 is 0 Å². The molecule has 13 heteroatoms. The lowest BCUT2D eigenvalue weighted by Crippen LogP contribution is -2.23. The number of aryl methyl sites for hydroxylation is 1. The van der Waals surface area contributed by atoms with Gasteiger partial charge in [-0.25, -0.2) is 29.4 Å². The SMILES string of the molecule is COc1cc(Oc2ccn3ncnc3c2)c(C)cc1Nc1ncnc2cnc(NC(=O)/C=C/C3CCCN3C)nc12. The molecule has 41 heavy (non-hydrogen) atoms. The summed E-state index contributed by atoms with van der Waals surface area (Å²) in [6.07, 6.45) is 11.8. The number of carbonyl (C=O) groups excluding carboxylic acids is 1. The highest BCUT2D eigenvalue weighted by molar-refractivity contribution is 5.99. The molecule has 1 aliphatic rings. The Balaban J connectivity index is 1.23. The van der Waals surface area contributed by atoms with E-state index in [1.807, 2.05) is 25.1 Å². The molecule has 2 N–H and O–H groups in total. The summed E-state index contributed by atoms with van der Waals surface area (Å²) >= 11 is 0. The minimum Gasteiger partial charge on any atom is -0.494 e. The van der Waals surface area contributed by atoms with E-state index in [4.69, 9.17) is 9.47 Å². The molecule has 1 saturated heterocycles. The van der Waals surface area contributed by atoms with Gasteiger partial charge in [0, 0.05) is 30.4 Å². The van der Waals surface area contributed by atoms with Crippen molar-refractivity contribution in [3.05, 3.63) is 67.0 Å². The number of aromatic nitrogens is 7. The molecule has 13 nitrogen and oxygen atoms in total. The average molecular weight is 553 g/mol. The molecule has 0 radical (unpaired) electrons. The maximum atomic E-state index is 12.5. The summed E-state index contributed by atoms with van der Waals surface area (Å²) in [5, 5.41) is 10.1. The maximum absolute atomic E-state index is 12.5. The summed E-state index contributed by atoms with van der Waals surface area (Å²) in [6.45, 7) is 2.96. The highest BCUT2D eigenvalue weighted by atomic mass is 16.5. The number of methoxy groups -OCH3 is 1. The molecule has 0 aliphatic carbocycles. The number of hydrogen-bond acceptors (Lipinski definition) is 11. The second-order valence-corrected chi connectivity index (χ2v) is 9.66. The molecule has 5 aromatic rings.